The lowest BCUT2D eigenvalue weighted by molar-refractivity contribution is 0.595. The molecule has 0 aliphatic heterocycles. The smallest absolute Gasteiger partial charge is 0.378 e. The van der Waals surface area contributed by atoms with E-state index in [0.29, 0.717) is 16.3 Å². The van der Waals surface area contributed by atoms with Gasteiger partial charge in [-0.2, -0.15) is 0 Å². The summed E-state index contributed by atoms with van der Waals surface area (Å²) in [6, 6.07) is 11.4. The third-order valence-corrected chi connectivity index (χ3v) is 5.26. The van der Waals surface area contributed by atoms with E-state index in [9.17, 15) is 8.42 Å². The Morgan fingerprint density at radius 2 is 1.86 bits per heavy atom. The first-order valence-corrected chi connectivity index (χ1v) is 8.51. The number of benzene rings is 2. The normalized spacial score (nSPS) is 11.0. The summed E-state index contributed by atoms with van der Waals surface area (Å²) in [5.41, 5.74) is 1.21. The van der Waals surface area contributed by atoms with E-state index in [-0.39, 0.29) is 16.3 Å². The fraction of sp³-hybridized carbons (Fsp3) is 0.200. The average Bonchev–Trinajstić information content (AvgIpc) is 2.48. The van der Waals surface area contributed by atoms with E-state index >= 15 is 0 Å². The van der Waals surface area contributed by atoms with Crippen molar-refractivity contribution in [3.8, 4) is 0 Å². The second-order valence-electron chi connectivity index (χ2n) is 5.00. The minimum atomic E-state index is -3.70. The highest BCUT2D eigenvalue weighted by Crippen LogP contribution is 2.32. The molecule has 0 unspecified atom stereocenters. The van der Waals surface area contributed by atoms with Gasteiger partial charge in [0.15, 0.2) is 19.7 Å². The number of rotatable bonds is 4. The molecule has 2 rings (SSSR count). The fourth-order valence-electron chi connectivity index (χ4n) is 2.01. The Labute approximate surface area is 134 Å². The Morgan fingerprint density at radius 1 is 1.18 bits per heavy atom. The molecule has 0 saturated heterocycles. The van der Waals surface area contributed by atoms with E-state index in [1.807, 2.05) is 0 Å². The number of hydrogen-bond acceptors (Lipinski definition) is 4. The quantitative estimate of drug-likeness (QED) is 0.795. The summed E-state index contributed by atoms with van der Waals surface area (Å²) in [6.07, 6.45) is 0. The van der Waals surface area contributed by atoms with E-state index in [4.69, 9.17) is 17.0 Å². The molecule has 0 bridgehead atoms. The van der Waals surface area contributed by atoms with Crippen LogP contribution in [0.5, 0.6) is 0 Å². The van der Waals surface area contributed by atoms with E-state index in [2.05, 4.69) is 4.98 Å². The van der Waals surface area contributed by atoms with Gasteiger partial charge >= 0.3 is 5.69 Å². The van der Waals surface area contributed by atoms with Gasteiger partial charge in [0, 0.05) is 30.9 Å². The molecule has 0 aromatic heterocycles. The van der Waals surface area contributed by atoms with E-state index < -0.39 is 9.84 Å². The molecule has 0 saturated carbocycles. The molecule has 0 spiro atoms. The second kappa shape index (κ2) is 6.34. The first-order valence-electron chi connectivity index (χ1n) is 6.48. The van der Waals surface area contributed by atoms with Gasteiger partial charge in [0.2, 0.25) is 5.39 Å². The molecule has 0 aliphatic carbocycles. The molecule has 0 aliphatic rings. The molecule has 114 valence electrons. The van der Waals surface area contributed by atoms with Crippen LogP contribution in [0, 0.1) is 5.39 Å². The number of nitrogens with zero attached hydrogens (tertiary/aromatic N) is 3. The Morgan fingerprint density at radius 3 is 2.45 bits per heavy atom. The summed E-state index contributed by atoms with van der Waals surface area (Å²) in [4.78, 5) is 4.82. The van der Waals surface area contributed by atoms with Crippen LogP contribution < -0.4 is 4.90 Å². The van der Waals surface area contributed by atoms with Crippen molar-refractivity contribution in [1.82, 2.24) is 0 Å². The summed E-state index contributed by atoms with van der Waals surface area (Å²) in [5, 5.41) is 9.44. The van der Waals surface area contributed by atoms with Crippen LogP contribution in [-0.4, -0.2) is 22.5 Å². The summed E-state index contributed by atoms with van der Waals surface area (Å²) in [7, 11) is -0.0972. The van der Waals surface area contributed by atoms with Crippen molar-refractivity contribution in [2.24, 2.45) is 0 Å². The molecular formula is C15H15ClN3O2S+. The lowest BCUT2D eigenvalue weighted by atomic mass is 10.2. The molecule has 0 N–H and O–H groups in total. The Balaban J connectivity index is 2.52. The molecular weight excluding hydrogens is 322 g/mol. The van der Waals surface area contributed by atoms with Crippen molar-refractivity contribution in [2.75, 3.05) is 19.0 Å². The number of sulfone groups is 1. The van der Waals surface area contributed by atoms with Crippen LogP contribution in [0.2, 0.25) is 5.02 Å². The Kier molecular flexibility index (Phi) is 4.69. The van der Waals surface area contributed by atoms with Crippen LogP contribution in [0.4, 0.5) is 11.4 Å². The van der Waals surface area contributed by atoms with Gasteiger partial charge in [0.05, 0.1) is 5.75 Å². The lowest BCUT2D eigenvalue weighted by Crippen LogP contribution is -2.11. The van der Waals surface area contributed by atoms with Crippen LogP contribution in [0.15, 0.2) is 47.4 Å². The topological polar surface area (TPSA) is 65.5 Å². The van der Waals surface area contributed by atoms with Gasteiger partial charge in [-0.3, -0.25) is 0 Å². The first-order chi connectivity index (χ1) is 10.3. The number of diazo groups is 1. The predicted molar refractivity (Wildman–Crippen MR) is 87.9 cm³/mol. The van der Waals surface area contributed by atoms with Crippen LogP contribution in [0.1, 0.15) is 5.56 Å². The third-order valence-electron chi connectivity index (χ3n) is 3.21. The summed E-state index contributed by atoms with van der Waals surface area (Å²) in [5.74, 6) is -0.258. The van der Waals surface area contributed by atoms with Crippen LogP contribution >= 0.6 is 11.6 Å². The predicted octanol–water partition coefficient (Wildman–Crippen LogP) is 3.86. The largest absolute Gasteiger partial charge is 0.403 e. The van der Waals surface area contributed by atoms with Gasteiger partial charge in [-0.05, 0) is 23.8 Å². The minimum absolute atomic E-state index is 0.0117. The van der Waals surface area contributed by atoms with Gasteiger partial charge < -0.3 is 4.90 Å². The average molecular weight is 337 g/mol. The van der Waals surface area contributed by atoms with Gasteiger partial charge in [-0.25, -0.2) is 8.42 Å². The Hall–Kier alpha value is -2.10. The maximum absolute atomic E-state index is 12.7. The second-order valence-corrected chi connectivity index (χ2v) is 7.36. The van der Waals surface area contributed by atoms with Crippen molar-refractivity contribution in [1.29, 1.82) is 5.39 Å². The van der Waals surface area contributed by atoms with E-state index in [1.165, 1.54) is 12.1 Å². The van der Waals surface area contributed by atoms with Crippen molar-refractivity contribution in [2.45, 2.75) is 10.6 Å². The molecule has 5 nitrogen and oxygen atoms in total. The van der Waals surface area contributed by atoms with Gasteiger partial charge in [-0.1, -0.05) is 29.8 Å². The molecule has 7 heteroatoms. The molecule has 0 heterocycles. The lowest BCUT2D eigenvalue weighted by Gasteiger charge is -2.13. The molecule has 22 heavy (non-hydrogen) atoms. The minimum Gasteiger partial charge on any atom is -0.378 e. The van der Waals surface area contributed by atoms with Crippen LogP contribution in [0.25, 0.3) is 4.98 Å². The van der Waals surface area contributed by atoms with Gasteiger partial charge in [0.25, 0.3) is 0 Å². The molecule has 0 fully saturated rings. The maximum atomic E-state index is 12.7. The van der Waals surface area contributed by atoms with Gasteiger partial charge in [-0.15, -0.1) is 0 Å². The van der Waals surface area contributed by atoms with Crippen LogP contribution in [0.3, 0.4) is 0 Å². The summed E-state index contributed by atoms with van der Waals surface area (Å²) < 4.78 is 25.3. The van der Waals surface area contributed by atoms with E-state index in [0.717, 1.165) is 0 Å². The highest BCUT2D eigenvalue weighted by molar-refractivity contribution is 7.90. The molecule has 0 amide bonds. The first kappa shape index (κ1) is 16.3. The summed E-state index contributed by atoms with van der Waals surface area (Å²) >= 11 is 6.03. The zero-order chi connectivity index (χ0) is 16.3. The maximum Gasteiger partial charge on any atom is 0.403 e. The van der Waals surface area contributed by atoms with Crippen molar-refractivity contribution < 1.29 is 8.42 Å². The zero-order valence-corrected chi connectivity index (χ0v) is 13.8. The van der Waals surface area contributed by atoms with E-state index in [1.54, 1.807) is 49.3 Å². The molecule has 2 aromatic carbocycles. The monoisotopic (exact) mass is 336 g/mol. The van der Waals surface area contributed by atoms with Crippen molar-refractivity contribution >= 4 is 32.8 Å². The molecule has 0 atom stereocenters. The highest BCUT2D eigenvalue weighted by atomic mass is 35.5. The highest BCUT2D eigenvalue weighted by Gasteiger charge is 2.28. The van der Waals surface area contributed by atoms with Crippen molar-refractivity contribution in [3.63, 3.8) is 0 Å². The fourth-order valence-corrected chi connectivity index (χ4v) is 3.84. The Bertz CT molecular complexity index is 842. The standard InChI is InChI=1S/C15H15ClN3O2S/c1-19(2)12-7-8-14(18-17)15(9-12)22(20,21)10-11-5-3-4-6-13(11)16/h3-9H,10H2,1-2H3/q+1. The zero-order valence-electron chi connectivity index (χ0n) is 12.2. The third kappa shape index (κ3) is 3.38. The SMILES string of the molecule is CN(C)c1ccc([N+]#N)c(S(=O)(=O)Cc2ccccc2Cl)c1. The summed E-state index contributed by atoms with van der Waals surface area (Å²) in [6.45, 7) is 0. The van der Waals surface area contributed by atoms with Gasteiger partial charge in [0.1, 0.15) is 0 Å². The van der Waals surface area contributed by atoms with Crippen LogP contribution in [-0.2, 0) is 15.6 Å². The molecule has 2 aromatic rings. The number of anilines is 1. The number of halogens is 1. The number of hydrogen-bond donors (Lipinski definition) is 0. The van der Waals surface area contributed by atoms with Crippen molar-refractivity contribution in [3.05, 3.63) is 58.0 Å². The molecule has 0 radical (unpaired) electrons.